The molecule has 2 bridgehead atoms. The predicted octanol–water partition coefficient (Wildman–Crippen LogP) is 0.577. The summed E-state index contributed by atoms with van der Waals surface area (Å²) < 4.78 is 17.9. The Kier molecular flexibility index (Phi) is 16.9. The fourth-order valence-electron chi connectivity index (χ4n) is 9.03. The van der Waals surface area contributed by atoms with Crippen molar-refractivity contribution >= 4 is 42.7 Å². The minimum absolute atomic E-state index is 0.0687. The van der Waals surface area contributed by atoms with Crippen LogP contribution in [0.4, 0.5) is 4.79 Å². The van der Waals surface area contributed by atoms with Gasteiger partial charge in [-0.1, -0.05) is 63.6 Å². The van der Waals surface area contributed by atoms with Crippen LogP contribution in [0.1, 0.15) is 91.5 Å². The van der Waals surface area contributed by atoms with Crippen LogP contribution in [-0.2, 0) is 39.7 Å². The number of aliphatic hydroxyl groups is 1. The van der Waals surface area contributed by atoms with Crippen molar-refractivity contribution in [3.8, 4) is 16.9 Å². The molecule has 1 unspecified atom stereocenters. The van der Waals surface area contributed by atoms with Gasteiger partial charge in [0.25, 0.3) is 5.91 Å². The van der Waals surface area contributed by atoms with Crippen molar-refractivity contribution in [3.05, 3.63) is 54.1 Å². The number of carbonyl (C=O) groups is 6. The smallest absolute Gasteiger partial charge is 0.410 e. The molecule has 19 nitrogen and oxygen atoms in total. The van der Waals surface area contributed by atoms with Gasteiger partial charge in [-0.3, -0.25) is 24.0 Å². The van der Waals surface area contributed by atoms with Gasteiger partial charge in [0.1, 0.15) is 29.9 Å². The lowest BCUT2D eigenvalue weighted by Gasteiger charge is -2.64. The van der Waals surface area contributed by atoms with E-state index in [9.17, 15) is 33.9 Å². The van der Waals surface area contributed by atoms with E-state index < -0.39 is 91.2 Å². The van der Waals surface area contributed by atoms with E-state index >= 15 is 0 Å². The van der Waals surface area contributed by atoms with Crippen LogP contribution in [0.2, 0.25) is 0 Å². The van der Waals surface area contributed by atoms with Gasteiger partial charge < -0.3 is 68.7 Å². The number of nitrogens with one attached hydrogen (secondary N) is 5. The van der Waals surface area contributed by atoms with Gasteiger partial charge in [0.15, 0.2) is 6.17 Å². The molecule has 14 N–H and O–H groups in total. The van der Waals surface area contributed by atoms with Crippen LogP contribution in [0.25, 0.3) is 11.1 Å². The lowest BCUT2D eigenvalue weighted by Crippen LogP contribution is -2.65. The lowest BCUT2D eigenvalue weighted by molar-refractivity contribution is -0.199. The minimum atomic E-state index is -1.84. The molecule has 1 saturated heterocycles. The maximum atomic E-state index is 13.6. The van der Waals surface area contributed by atoms with Gasteiger partial charge in [-0.25, -0.2) is 4.79 Å². The van der Waals surface area contributed by atoms with Crippen LogP contribution in [-0.4, -0.2) is 103 Å². The van der Waals surface area contributed by atoms with Crippen LogP contribution in [0.15, 0.2) is 48.5 Å². The van der Waals surface area contributed by atoms with Gasteiger partial charge in [0.2, 0.25) is 23.6 Å². The number of ether oxygens (including phenoxy) is 1. The van der Waals surface area contributed by atoms with Crippen LogP contribution in [0, 0.1) is 17.3 Å². The second-order valence-electron chi connectivity index (χ2n) is 18.0. The molecule has 0 aromatic heterocycles. The Balaban J connectivity index is 1.14. The molecule has 1 aliphatic heterocycles. The molecule has 4 aliphatic rings. The fraction of sp³-hybridized carbons (Fsp3) is 0.591. The first kappa shape index (κ1) is 49.9. The van der Waals surface area contributed by atoms with E-state index in [2.05, 4.69) is 59.5 Å². The third-order valence-electron chi connectivity index (χ3n) is 13.0. The van der Waals surface area contributed by atoms with Gasteiger partial charge in [-0.2, -0.15) is 0 Å². The Morgan fingerprint density at radius 2 is 1.47 bits per heavy atom. The molecule has 4 fully saturated rings. The van der Waals surface area contributed by atoms with E-state index in [4.69, 9.17) is 37.0 Å². The molecule has 2 aromatic rings. The van der Waals surface area contributed by atoms with E-state index in [0.29, 0.717) is 25.3 Å². The second kappa shape index (κ2) is 21.7. The fourth-order valence-corrected chi connectivity index (χ4v) is 9.03. The Bertz CT molecular complexity index is 1970. The number of aliphatic hydroxyl groups excluding tert-OH is 1. The molecule has 64 heavy (non-hydrogen) atoms. The summed E-state index contributed by atoms with van der Waals surface area (Å²) in [6, 6.07) is 9.50. The molecule has 3 saturated carbocycles. The average Bonchev–Trinajstić information content (AvgIpc) is 3.62. The highest BCUT2D eigenvalue weighted by Gasteiger charge is 2.68. The first-order chi connectivity index (χ1) is 30.3. The number of nitrogens with two attached hydrogens (primary N) is 4. The zero-order valence-electron chi connectivity index (χ0n) is 37.4. The normalized spacial score (nSPS) is 23.4. The molecule has 20 heteroatoms. The minimum Gasteiger partial charge on any atom is -0.410 e. The summed E-state index contributed by atoms with van der Waals surface area (Å²) in [7, 11) is -1.00. The van der Waals surface area contributed by atoms with Crippen molar-refractivity contribution in [2.75, 3.05) is 6.54 Å². The molecule has 0 radical (unpaired) electrons. The molecule has 1 heterocycles. The van der Waals surface area contributed by atoms with E-state index in [1.54, 1.807) is 12.1 Å². The largest absolute Gasteiger partial charge is 0.497 e. The SMILES string of the molecule is CCCCc1ccc(-c2ccc(OC(=O)N[C@@H](CCCCN)C(=O)N[C@H](C(=O)N[C@@H](N)C(=O)N[C@@H](CC(N)=O)C(=O)N[C@@H](N)B3OC4C[C@@H]5C[C@@H](C5(C)C)[C@]4(C)O3)[C@@H](C)O)cc2)cc1. The first-order valence-corrected chi connectivity index (χ1v) is 22.2. The summed E-state index contributed by atoms with van der Waals surface area (Å²) in [5.41, 5.74) is 26.0. The summed E-state index contributed by atoms with van der Waals surface area (Å²) in [5, 5.41) is 22.5. The Morgan fingerprint density at radius 1 is 0.828 bits per heavy atom. The van der Waals surface area contributed by atoms with Crippen LogP contribution in [0.3, 0.4) is 0 Å². The number of aryl methyl sites for hydroxylation is 1. The van der Waals surface area contributed by atoms with Crippen LogP contribution < -0.4 is 54.3 Å². The van der Waals surface area contributed by atoms with E-state index in [1.165, 1.54) is 12.5 Å². The van der Waals surface area contributed by atoms with Crippen molar-refractivity contribution < 1.29 is 47.9 Å². The monoisotopic (exact) mass is 892 g/mol. The van der Waals surface area contributed by atoms with Crippen molar-refractivity contribution in [1.82, 2.24) is 26.6 Å². The van der Waals surface area contributed by atoms with Crippen molar-refractivity contribution in [1.29, 1.82) is 0 Å². The molecular weight excluding hydrogens is 825 g/mol. The molecule has 10 atom stereocenters. The highest BCUT2D eigenvalue weighted by molar-refractivity contribution is 6.47. The van der Waals surface area contributed by atoms with E-state index in [1.807, 2.05) is 31.2 Å². The van der Waals surface area contributed by atoms with Gasteiger partial charge in [-0.15, -0.1) is 0 Å². The van der Waals surface area contributed by atoms with Gasteiger partial charge >= 0.3 is 13.2 Å². The zero-order valence-corrected chi connectivity index (χ0v) is 37.4. The van der Waals surface area contributed by atoms with Gasteiger partial charge in [0.05, 0.1) is 24.2 Å². The summed E-state index contributed by atoms with van der Waals surface area (Å²) in [6.45, 7) is 10.1. The molecule has 0 spiro atoms. The standard InChI is InChI=1S/C44H66BN9O10/c1-6-7-10-25-12-14-26(15-13-25)27-16-18-29(19-17-27)62-42(61)51-30(11-8-9-20-46)37(57)52-35(24(2)55)39(59)53-36(48)40(60)50-31(23-34(47)56)38(58)54-41(49)45-63-33-22-28-21-32(43(28,3)4)44(33,5)64-45/h12-19,24,28,30-33,35-36,41,55H,6-11,20-23,46,48-49H2,1-5H3,(H2,47,56)(H,50,60)(H,51,61)(H,52,57)(H,53,59)(H,54,58)/t24-,28+,30+,31+,32+,33?,35+,36-,41-,44+/m1/s1. The van der Waals surface area contributed by atoms with Crippen molar-refractivity contribution in [2.45, 2.75) is 141 Å². The highest BCUT2D eigenvalue weighted by atomic mass is 16.7. The lowest BCUT2D eigenvalue weighted by atomic mass is 9.43. The van der Waals surface area contributed by atoms with Gasteiger partial charge in [-0.05, 0) is 111 Å². The quantitative estimate of drug-likeness (QED) is 0.0440. The molecule has 6 amide bonds. The Morgan fingerprint density at radius 3 is 2.06 bits per heavy atom. The average molecular weight is 892 g/mol. The van der Waals surface area contributed by atoms with E-state index in [0.717, 1.165) is 43.2 Å². The number of primary amides is 1. The van der Waals surface area contributed by atoms with Crippen molar-refractivity contribution in [3.63, 3.8) is 0 Å². The Hall–Kier alpha value is -5.12. The summed E-state index contributed by atoms with van der Waals surface area (Å²) in [4.78, 5) is 78.5. The number of amides is 6. The maximum absolute atomic E-state index is 13.6. The number of rotatable bonds is 22. The summed E-state index contributed by atoms with van der Waals surface area (Å²) in [6.07, 6.45) is 0.909. The summed E-state index contributed by atoms with van der Waals surface area (Å²) in [5.74, 6) is -3.92. The number of hydrogen-bond acceptors (Lipinski definition) is 13. The molecule has 3 aliphatic carbocycles. The second-order valence-corrected chi connectivity index (χ2v) is 18.0. The molecule has 2 aromatic carbocycles. The summed E-state index contributed by atoms with van der Waals surface area (Å²) >= 11 is 0. The maximum Gasteiger partial charge on any atom is 0.497 e. The number of benzene rings is 2. The third-order valence-corrected chi connectivity index (χ3v) is 13.0. The van der Waals surface area contributed by atoms with Crippen molar-refractivity contribution in [2.24, 2.45) is 40.2 Å². The molecule has 350 valence electrons. The van der Waals surface area contributed by atoms with Gasteiger partial charge in [0, 0.05) is 0 Å². The number of unbranched alkanes of at least 4 members (excludes halogenated alkanes) is 2. The van der Waals surface area contributed by atoms with Crippen LogP contribution >= 0.6 is 0 Å². The van der Waals surface area contributed by atoms with E-state index in [-0.39, 0.29) is 29.6 Å². The topological polar surface area (TPSA) is 315 Å². The Labute approximate surface area is 374 Å². The number of carbonyl (C=O) groups excluding carboxylic acids is 6. The third kappa shape index (κ3) is 12.2. The number of hydrogen-bond donors (Lipinski definition) is 10. The first-order valence-electron chi connectivity index (χ1n) is 22.2. The molecular formula is C44H66BN9O10. The predicted molar refractivity (Wildman–Crippen MR) is 238 cm³/mol. The zero-order chi connectivity index (χ0) is 46.9. The highest BCUT2D eigenvalue weighted by Crippen LogP contribution is 2.65. The van der Waals surface area contributed by atoms with Crippen LogP contribution in [0.5, 0.6) is 5.75 Å². The molecule has 6 rings (SSSR count).